The Bertz CT molecular complexity index is 1220. The third-order valence-corrected chi connectivity index (χ3v) is 5.74. The van der Waals surface area contributed by atoms with Gasteiger partial charge in [0.25, 0.3) is 0 Å². The molecule has 0 radical (unpaired) electrons. The van der Waals surface area contributed by atoms with Gasteiger partial charge in [-0.15, -0.1) is 0 Å². The zero-order valence-corrected chi connectivity index (χ0v) is 17.3. The predicted octanol–water partition coefficient (Wildman–Crippen LogP) is 5.18. The molecule has 150 valence electrons. The van der Waals surface area contributed by atoms with Crippen LogP contribution in [0.3, 0.4) is 0 Å². The van der Waals surface area contributed by atoms with Gasteiger partial charge in [0.05, 0.1) is 18.2 Å². The highest BCUT2D eigenvalue weighted by atomic mass is 35.5. The van der Waals surface area contributed by atoms with Gasteiger partial charge in [-0.3, -0.25) is 9.79 Å². The fourth-order valence-corrected chi connectivity index (χ4v) is 4.07. The van der Waals surface area contributed by atoms with Crippen LogP contribution in [-0.2, 0) is 0 Å². The molecule has 5 rings (SSSR count). The van der Waals surface area contributed by atoms with Crippen LogP contribution in [0.2, 0.25) is 5.02 Å². The van der Waals surface area contributed by atoms with E-state index in [2.05, 4.69) is 11.0 Å². The van der Waals surface area contributed by atoms with E-state index >= 15 is 0 Å². The number of amidine groups is 1. The Morgan fingerprint density at radius 3 is 2.73 bits per heavy atom. The average molecular weight is 418 g/mol. The minimum Gasteiger partial charge on any atom is -0.497 e. The van der Waals surface area contributed by atoms with Crippen molar-refractivity contribution in [2.24, 2.45) is 4.99 Å². The molecule has 2 aliphatic rings. The number of hydrogen-bond donors (Lipinski definition) is 0. The smallest absolute Gasteiger partial charge is 0.196 e. The number of anilines is 1. The fraction of sp³-hybridized carbons (Fsp3) is 0.208. The molecule has 1 aromatic heterocycles. The number of carbonyl (C=O) groups is 1. The van der Waals surface area contributed by atoms with Gasteiger partial charge in [0, 0.05) is 40.7 Å². The first kappa shape index (κ1) is 18.8. The van der Waals surface area contributed by atoms with E-state index in [1.165, 1.54) is 0 Å². The maximum atomic E-state index is 13.4. The van der Waals surface area contributed by atoms with Gasteiger partial charge in [0.2, 0.25) is 0 Å². The number of rotatable bonds is 3. The van der Waals surface area contributed by atoms with Gasteiger partial charge in [-0.1, -0.05) is 11.6 Å². The lowest BCUT2D eigenvalue weighted by Crippen LogP contribution is -2.38. The summed E-state index contributed by atoms with van der Waals surface area (Å²) >= 11 is 6.00. The summed E-state index contributed by atoms with van der Waals surface area (Å²) < 4.78 is 5.36. The number of hydrogen-bond acceptors (Lipinski definition) is 5. The number of halogens is 1. The number of carbonyl (C=O) groups excluding carboxylic acids is 1. The Hall–Kier alpha value is -3.18. The van der Waals surface area contributed by atoms with Gasteiger partial charge >= 0.3 is 0 Å². The minimum absolute atomic E-state index is 0.0576. The molecule has 0 saturated carbocycles. The van der Waals surface area contributed by atoms with Gasteiger partial charge in [0.1, 0.15) is 17.4 Å². The summed E-state index contributed by atoms with van der Waals surface area (Å²) in [5.74, 6) is 2.25. The molecule has 5 nitrogen and oxygen atoms in total. The molecular weight excluding hydrogens is 398 g/mol. The fourth-order valence-electron chi connectivity index (χ4n) is 3.94. The van der Waals surface area contributed by atoms with Crippen molar-refractivity contribution in [3.05, 3.63) is 70.3 Å². The lowest BCUT2D eigenvalue weighted by molar-refractivity contribution is 0.104. The third kappa shape index (κ3) is 3.25. The van der Waals surface area contributed by atoms with Crippen LogP contribution >= 0.6 is 11.6 Å². The Kier molecular flexibility index (Phi) is 4.75. The molecule has 0 fully saturated rings. The van der Waals surface area contributed by atoms with Crippen LogP contribution in [0.25, 0.3) is 17.0 Å². The zero-order chi connectivity index (χ0) is 20.7. The lowest BCUT2D eigenvalue weighted by Gasteiger charge is -2.30. The second kappa shape index (κ2) is 7.58. The van der Waals surface area contributed by atoms with Crippen LogP contribution in [0, 0.1) is 0 Å². The molecular formula is C24H20ClN3O2. The van der Waals surface area contributed by atoms with E-state index in [-0.39, 0.29) is 5.78 Å². The summed E-state index contributed by atoms with van der Waals surface area (Å²) in [7, 11) is 1.65. The van der Waals surface area contributed by atoms with Gasteiger partial charge in [-0.2, -0.15) is 0 Å². The van der Waals surface area contributed by atoms with E-state index in [0.717, 1.165) is 47.4 Å². The molecule has 30 heavy (non-hydrogen) atoms. The normalized spacial score (nSPS) is 15.6. The SMILES string of the molecule is COc1ccc2cc3c(nc2c1)N1CCCCN=C1C(C(=O)c1ccc(Cl)cc1)=C3. The zero-order valence-electron chi connectivity index (χ0n) is 16.6. The Morgan fingerprint density at radius 1 is 1.10 bits per heavy atom. The number of aliphatic imine (C=N–C) groups is 1. The number of pyridine rings is 1. The highest BCUT2D eigenvalue weighted by molar-refractivity contribution is 6.35. The number of aromatic nitrogens is 1. The van der Waals surface area contributed by atoms with Crippen LogP contribution in [-0.4, -0.2) is 36.8 Å². The van der Waals surface area contributed by atoms with Crippen molar-refractivity contribution in [1.82, 2.24) is 4.98 Å². The van der Waals surface area contributed by atoms with Crippen LogP contribution in [0.4, 0.5) is 5.82 Å². The van der Waals surface area contributed by atoms with E-state index in [1.54, 1.807) is 31.4 Å². The molecule has 0 spiro atoms. The number of ketones is 1. The summed E-state index contributed by atoms with van der Waals surface area (Å²) in [5, 5.41) is 1.60. The Labute approximate surface area is 179 Å². The number of ether oxygens (including phenoxy) is 1. The predicted molar refractivity (Wildman–Crippen MR) is 121 cm³/mol. The van der Waals surface area contributed by atoms with Crippen LogP contribution in [0.5, 0.6) is 5.75 Å². The largest absolute Gasteiger partial charge is 0.497 e. The Morgan fingerprint density at radius 2 is 1.93 bits per heavy atom. The van der Waals surface area contributed by atoms with Crippen molar-refractivity contribution in [1.29, 1.82) is 0 Å². The van der Waals surface area contributed by atoms with Crippen LogP contribution < -0.4 is 9.64 Å². The molecule has 0 atom stereocenters. The summed E-state index contributed by atoms with van der Waals surface area (Å²) in [6, 6.07) is 14.9. The molecule has 0 saturated heterocycles. The first-order chi connectivity index (χ1) is 14.6. The third-order valence-electron chi connectivity index (χ3n) is 5.49. The second-order valence-electron chi connectivity index (χ2n) is 7.42. The molecule has 2 aromatic carbocycles. The summed E-state index contributed by atoms with van der Waals surface area (Å²) in [6.07, 6.45) is 3.90. The molecule has 0 aliphatic carbocycles. The molecule has 0 bridgehead atoms. The highest BCUT2D eigenvalue weighted by Crippen LogP contribution is 2.34. The van der Waals surface area contributed by atoms with Crippen molar-refractivity contribution < 1.29 is 9.53 Å². The lowest BCUT2D eigenvalue weighted by atomic mass is 9.95. The molecule has 3 aromatic rings. The van der Waals surface area contributed by atoms with Crippen molar-refractivity contribution in [3.8, 4) is 5.75 Å². The van der Waals surface area contributed by atoms with Gasteiger partial charge in [-0.05, 0) is 61.4 Å². The monoisotopic (exact) mass is 417 g/mol. The van der Waals surface area contributed by atoms with E-state index in [4.69, 9.17) is 26.3 Å². The van der Waals surface area contributed by atoms with Crippen molar-refractivity contribution in [2.75, 3.05) is 25.1 Å². The molecule has 2 aliphatic heterocycles. The standard InChI is InChI=1S/C24H20ClN3O2/c1-30-19-9-6-16-12-17-13-20(22(29)15-4-7-18(25)8-5-15)24-26-10-2-3-11-28(24)23(17)27-21(16)14-19/h4-9,12-14H,2-3,10-11H2,1H3. The second-order valence-corrected chi connectivity index (χ2v) is 7.85. The number of benzene rings is 2. The summed E-state index contributed by atoms with van der Waals surface area (Å²) in [5.41, 5.74) is 2.98. The molecule has 0 N–H and O–H groups in total. The highest BCUT2D eigenvalue weighted by Gasteiger charge is 2.31. The molecule has 6 heteroatoms. The van der Waals surface area contributed by atoms with Crippen molar-refractivity contribution >= 4 is 46.0 Å². The number of fused-ring (bicyclic) bond motifs is 4. The van der Waals surface area contributed by atoms with E-state index in [1.807, 2.05) is 24.3 Å². The average Bonchev–Trinajstić information content (AvgIpc) is 3.03. The number of Topliss-reactive ketones (excluding diaryl/α,β-unsaturated/α-hetero) is 1. The van der Waals surface area contributed by atoms with Crippen LogP contribution in [0.15, 0.2) is 59.1 Å². The van der Waals surface area contributed by atoms with Crippen molar-refractivity contribution in [2.45, 2.75) is 12.8 Å². The van der Waals surface area contributed by atoms with E-state index in [0.29, 0.717) is 28.5 Å². The quantitative estimate of drug-likeness (QED) is 0.551. The first-order valence-corrected chi connectivity index (χ1v) is 10.3. The topological polar surface area (TPSA) is 54.8 Å². The molecule has 0 amide bonds. The number of nitrogens with zero attached hydrogens (tertiary/aromatic N) is 3. The summed E-state index contributed by atoms with van der Waals surface area (Å²) in [4.78, 5) is 25.2. The van der Waals surface area contributed by atoms with E-state index < -0.39 is 0 Å². The van der Waals surface area contributed by atoms with Crippen LogP contribution in [0.1, 0.15) is 28.8 Å². The maximum absolute atomic E-state index is 13.4. The first-order valence-electron chi connectivity index (χ1n) is 9.97. The molecule has 3 heterocycles. The van der Waals surface area contributed by atoms with Gasteiger partial charge in [0.15, 0.2) is 5.78 Å². The van der Waals surface area contributed by atoms with Gasteiger partial charge < -0.3 is 9.64 Å². The maximum Gasteiger partial charge on any atom is 0.196 e. The minimum atomic E-state index is -0.0576. The molecule has 0 unspecified atom stereocenters. The van der Waals surface area contributed by atoms with Gasteiger partial charge in [-0.25, -0.2) is 4.98 Å². The number of methoxy groups -OCH3 is 1. The summed E-state index contributed by atoms with van der Waals surface area (Å²) in [6.45, 7) is 1.48. The Balaban J connectivity index is 1.68. The van der Waals surface area contributed by atoms with E-state index in [9.17, 15) is 4.79 Å². The van der Waals surface area contributed by atoms with Crippen molar-refractivity contribution in [3.63, 3.8) is 0 Å².